The van der Waals surface area contributed by atoms with Gasteiger partial charge >= 0.3 is 0 Å². The summed E-state index contributed by atoms with van der Waals surface area (Å²) < 4.78 is 0. The van der Waals surface area contributed by atoms with Gasteiger partial charge in [-0.3, -0.25) is 9.59 Å². The molecule has 1 saturated carbocycles. The Kier molecular flexibility index (Phi) is 4.32. The minimum atomic E-state index is -0.0810. The Hall–Kier alpha value is -1.41. The lowest BCUT2D eigenvalue weighted by Crippen LogP contribution is -2.14. The molecule has 2 rings (SSSR count). The van der Waals surface area contributed by atoms with E-state index < -0.39 is 0 Å². The summed E-state index contributed by atoms with van der Waals surface area (Å²) in [6.45, 7) is 0. The molecular weight excluding hydrogens is 248 g/mol. The Bertz CT molecular complexity index is 485. The van der Waals surface area contributed by atoms with Crippen molar-refractivity contribution in [2.75, 3.05) is 0 Å². The molecule has 0 spiro atoms. The molecule has 1 aromatic carbocycles. The van der Waals surface area contributed by atoms with Gasteiger partial charge in [0.1, 0.15) is 0 Å². The Morgan fingerprint density at radius 3 is 2.67 bits per heavy atom. The Labute approximate surface area is 112 Å². The van der Waals surface area contributed by atoms with E-state index in [1.165, 1.54) is 0 Å². The van der Waals surface area contributed by atoms with Crippen molar-refractivity contribution in [3.8, 4) is 0 Å². The average molecular weight is 262 g/mol. The third-order valence-electron chi connectivity index (χ3n) is 3.26. The highest BCUT2D eigenvalue weighted by molar-refractivity contribution is 6.30. The predicted octanol–water partition coefficient (Wildman–Crippen LogP) is 3.59. The van der Waals surface area contributed by atoms with E-state index in [4.69, 9.17) is 11.6 Å². The van der Waals surface area contributed by atoms with Crippen LogP contribution in [-0.4, -0.2) is 12.1 Å². The monoisotopic (exact) mass is 261 g/mol. The SMILES string of the molecule is O=[C]C(=Cc1cccc(Cl)c1)C(=O)C1CCCC1. The van der Waals surface area contributed by atoms with Gasteiger partial charge in [0.15, 0.2) is 5.78 Å². The minimum absolute atomic E-state index is 0.00289. The Morgan fingerprint density at radius 2 is 2.06 bits per heavy atom. The molecule has 0 amide bonds. The number of Topliss-reactive ketones (excluding diaryl/α,β-unsaturated/α-hetero) is 1. The molecule has 0 atom stereocenters. The molecule has 1 fully saturated rings. The molecule has 1 aromatic rings. The standard InChI is InChI=1S/C15H14ClO2/c16-14-7-3-4-11(9-14)8-13(10-17)15(18)12-5-1-2-6-12/h3-4,7-9,12H,1-2,5-6H2. The zero-order valence-electron chi connectivity index (χ0n) is 9.99. The number of carbonyl (C=O) groups excluding carboxylic acids is 2. The maximum Gasteiger partial charge on any atom is 0.237 e. The van der Waals surface area contributed by atoms with E-state index in [1.807, 2.05) is 6.07 Å². The number of carbonyl (C=O) groups is 1. The molecule has 0 bridgehead atoms. The lowest BCUT2D eigenvalue weighted by atomic mass is 9.95. The first-order chi connectivity index (χ1) is 8.70. The zero-order chi connectivity index (χ0) is 13.0. The summed E-state index contributed by atoms with van der Waals surface area (Å²) in [5.41, 5.74) is 0.886. The summed E-state index contributed by atoms with van der Waals surface area (Å²) in [5, 5.41) is 0.585. The van der Waals surface area contributed by atoms with Gasteiger partial charge in [0.25, 0.3) is 0 Å². The van der Waals surface area contributed by atoms with Crippen LogP contribution in [-0.2, 0) is 9.59 Å². The fourth-order valence-electron chi connectivity index (χ4n) is 2.32. The van der Waals surface area contributed by atoms with E-state index in [1.54, 1.807) is 30.6 Å². The molecule has 2 nitrogen and oxygen atoms in total. The van der Waals surface area contributed by atoms with E-state index in [2.05, 4.69) is 0 Å². The summed E-state index contributed by atoms with van der Waals surface area (Å²) in [7, 11) is 0. The van der Waals surface area contributed by atoms with Crippen molar-refractivity contribution in [3.63, 3.8) is 0 Å². The molecule has 1 aliphatic rings. The molecular formula is C15H14ClO2. The first-order valence-electron chi connectivity index (χ1n) is 6.10. The van der Waals surface area contributed by atoms with Crippen LogP contribution in [0.2, 0.25) is 5.02 Å². The second-order valence-corrected chi connectivity index (χ2v) is 5.00. The minimum Gasteiger partial charge on any atom is -0.294 e. The molecule has 0 unspecified atom stereocenters. The quantitative estimate of drug-likeness (QED) is 0.472. The molecule has 93 valence electrons. The van der Waals surface area contributed by atoms with Crippen LogP contribution in [0.5, 0.6) is 0 Å². The van der Waals surface area contributed by atoms with Gasteiger partial charge in [-0.25, -0.2) is 0 Å². The number of halogens is 1. The Balaban J connectivity index is 2.22. The second-order valence-electron chi connectivity index (χ2n) is 4.56. The largest absolute Gasteiger partial charge is 0.294 e. The topological polar surface area (TPSA) is 34.1 Å². The third-order valence-corrected chi connectivity index (χ3v) is 3.50. The van der Waals surface area contributed by atoms with Crippen LogP contribution in [0.25, 0.3) is 6.08 Å². The van der Waals surface area contributed by atoms with Gasteiger partial charge in [0, 0.05) is 10.9 Å². The molecule has 3 heteroatoms. The highest BCUT2D eigenvalue weighted by Gasteiger charge is 2.25. The van der Waals surface area contributed by atoms with Crippen LogP contribution in [0.1, 0.15) is 31.2 Å². The molecule has 1 radical (unpaired) electrons. The van der Waals surface area contributed by atoms with E-state index in [0.717, 1.165) is 31.2 Å². The van der Waals surface area contributed by atoms with E-state index in [-0.39, 0.29) is 17.3 Å². The van der Waals surface area contributed by atoms with Gasteiger partial charge in [-0.2, -0.15) is 0 Å². The number of ketones is 1. The van der Waals surface area contributed by atoms with Crippen molar-refractivity contribution in [1.29, 1.82) is 0 Å². The van der Waals surface area contributed by atoms with Crippen molar-refractivity contribution in [2.45, 2.75) is 25.7 Å². The second kappa shape index (κ2) is 5.96. The van der Waals surface area contributed by atoms with Crippen molar-refractivity contribution in [1.82, 2.24) is 0 Å². The van der Waals surface area contributed by atoms with Crippen LogP contribution >= 0.6 is 11.6 Å². The van der Waals surface area contributed by atoms with Gasteiger partial charge in [-0.05, 0) is 36.6 Å². The molecule has 0 aromatic heterocycles. The van der Waals surface area contributed by atoms with Gasteiger partial charge < -0.3 is 0 Å². The number of benzene rings is 1. The zero-order valence-corrected chi connectivity index (χ0v) is 10.7. The van der Waals surface area contributed by atoms with Crippen LogP contribution in [0, 0.1) is 5.92 Å². The van der Waals surface area contributed by atoms with E-state index in [0.29, 0.717) is 5.02 Å². The van der Waals surface area contributed by atoms with E-state index in [9.17, 15) is 9.59 Å². The fraction of sp³-hybridized carbons (Fsp3) is 0.333. The fourth-order valence-corrected chi connectivity index (χ4v) is 2.52. The molecule has 0 N–H and O–H groups in total. The maximum atomic E-state index is 12.1. The first-order valence-corrected chi connectivity index (χ1v) is 6.48. The molecule has 18 heavy (non-hydrogen) atoms. The maximum absolute atomic E-state index is 12.1. The normalized spacial score (nSPS) is 16.8. The smallest absolute Gasteiger partial charge is 0.237 e. The molecule has 0 aliphatic heterocycles. The van der Waals surface area contributed by atoms with Crippen molar-refractivity contribution < 1.29 is 9.59 Å². The lowest BCUT2D eigenvalue weighted by Gasteiger charge is -2.06. The van der Waals surface area contributed by atoms with Crippen molar-refractivity contribution in [2.24, 2.45) is 5.92 Å². The van der Waals surface area contributed by atoms with Crippen LogP contribution in [0.3, 0.4) is 0 Å². The van der Waals surface area contributed by atoms with Gasteiger partial charge in [-0.15, -0.1) is 0 Å². The van der Waals surface area contributed by atoms with E-state index >= 15 is 0 Å². The van der Waals surface area contributed by atoms with Crippen LogP contribution in [0.4, 0.5) is 0 Å². The van der Waals surface area contributed by atoms with Crippen LogP contribution in [0.15, 0.2) is 29.8 Å². The van der Waals surface area contributed by atoms with Crippen molar-refractivity contribution >= 4 is 29.7 Å². The predicted molar refractivity (Wildman–Crippen MR) is 72.1 cm³/mol. The number of hydrogen-bond acceptors (Lipinski definition) is 2. The average Bonchev–Trinajstić information content (AvgIpc) is 2.89. The number of allylic oxidation sites excluding steroid dienone is 1. The third kappa shape index (κ3) is 3.08. The summed E-state index contributed by atoms with van der Waals surface area (Å²) >= 11 is 5.87. The van der Waals surface area contributed by atoms with Crippen molar-refractivity contribution in [3.05, 3.63) is 40.4 Å². The van der Waals surface area contributed by atoms with Gasteiger partial charge in [0.05, 0.1) is 5.57 Å². The highest BCUT2D eigenvalue weighted by Crippen LogP contribution is 2.28. The van der Waals surface area contributed by atoms with Gasteiger partial charge in [-0.1, -0.05) is 36.6 Å². The molecule has 0 heterocycles. The van der Waals surface area contributed by atoms with Gasteiger partial charge in [0.2, 0.25) is 6.29 Å². The molecule has 1 aliphatic carbocycles. The first kappa shape index (κ1) is 13.0. The Morgan fingerprint density at radius 1 is 1.33 bits per heavy atom. The summed E-state index contributed by atoms with van der Waals surface area (Å²) in [5.74, 6) is -0.0839. The molecule has 0 saturated heterocycles. The highest BCUT2D eigenvalue weighted by atomic mass is 35.5. The lowest BCUT2D eigenvalue weighted by molar-refractivity contribution is -0.118. The number of hydrogen-bond donors (Lipinski definition) is 0. The summed E-state index contributed by atoms with van der Waals surface area (Å²) in [4.78, 5) is 23.0. The van der Waals surface area contributed by atoms with Crippen LogP contribution < -0.4 is 0 Å². The summed E-state index contributed by atoms with van der Waals surface area (Å²) in [6, 6.07) is 7.07. The summed E-state index contributed by atoms with van der Waals surface area (Å²) in [6.07, 6.45) is 7.24. The number of rotatable bonds is 4.